The van der Waals surface area contributed by atoms with E-state index in [1.54, 1.807) is 25.2 Å². The van der Waals surface area contributed by atoms with Gasteiger partial charge in [0.1, 0.15) is 16.2 Å². The average molecular weight is 382 g/mol. The normalized spacial score (nSPS) is 14.3. The molecule has 0 fully saturated rings. The second kappa shape index (κ2) is 6.30. The number of hydrogen-bond acceptors (Lipinski definition) is 4. The number of nitrogens with zero attached hydrogens (tertiary/aromatic N) is 2. The lowest BCUT2D eigenvalue weighted by Crippen LogP contribution is -2.44. The summed E-state index contributed by atoms with van der Waals surface area (Å²) in [5, 5.41) is 10.4. The fourth-order valence-corrected chi connectivity index (χ4v) is 5.05. The summed E-state index contributed by atoms with van der Waals surface area (Å²) >= 11 is 1.58. The smallest absolute Gasteiger partial charge is 0.329 e. The molecule has 6 heteroatoms. The van der Waals surface area contributed by atoms with E-state index in [0.717, 1.165) is 47.2 Å². The Hall–Kier alpha value is -2.47. The molecule has 2 heterocycles. The van der Waals surface area contributed by atoms with Gasteiger partial charge < -0.3 is 5.11 Å². The molecular weight excluding hydrogens is 360 g/mol. The monoisotopic (exact) mass is 382 g/mol. The molecule has 0 amide bonds. The first-order chi connectivity index (χ1) is 12.8. The van der Waals surface area contributed by atoms with Gasteiger partial charge in [-0.25, -0.2) is 9.78 Å². The van der Waals surface area contributed by atoms with Crippen LogP contribution in [0.25, 0.3) is 21.6 Å². The number of carboxylic acid groups (broad SMARTS) is 1. The summed E-state index contributed by atoms with van der Waals surface area (Å²) in [4.78, 5) is 32.3. The lowest BCUT2D eigenvalue weighted by atomic mass is 9.96. The van der Waals surface area contributed by atoms with E-state index in [9.17, 15) is 14.7 Å². The Labute approximate surface area is 161 Å². The molecule has 0 aliphatic heterocycles. The molecule has 27 heavy (non-hydrogen) atoms. The molecule has 1 N–H and O–H groups in total. The van der Waals surface area contributed by atoms with Crippen molar-refractivity contribution in [1.82, 2.24) is 9.55 Å². The zero-order valence-corrected chi connectivity index (χ0v) is 16.5. The number of carboxylic acids is 1. The minimum atomic E-state index is -1.40. The van der Waals surface area contributed by atoms with Gasteiger partial charge in [0.25, 0.3) is 5.56 Å². The molecule has 0 atom stereocenters. The lowest BCUT2D eigenvalue weighted by Gasteiger charge is -2.26. The van der Waals surface area contributed by atoms with Crippen LogP contribution in [-0.4, -0.2) is 20.6 Å². The third-order valence-electron chi connectivity index (χ3n) is 5.35. The molecule has 0 saturated carbocycles. The van der Waals surface area contributed by atoms with E-state index in [2.05, 4.69) is 0 Å². The molecule has 0 radical (unpaired) electrons. The first-order valence-corrected chi connectivity index (χ1v) is 10.0. The van der Waals surface area contributed by atoms with Crippen molar-refractivity contribution in [3.8, 4) is 11.4 Å². The average Bonchev–Trinajstić information content (AvgIpc) is 2.99. The van der Waals surface area contributed by atoms with Crippen molar-refractivity contribution >= 4 is 27.5 Å². The summed E-state index contributed by atoms with van der Waals surface area (Å²) in [5.41, 5.74) is 1.22. The second-order valence-corrected chi connectivity index (χ2v) is 8.78. The van der Waals surface area contributed by atoms with Crippen LogP contribution in [0.2, 0.25) is 0 Å². The van der Waals surface area contributed by atoms with E-state index >= 15 is 0 Å². The fraction of sp³-hybridized carbons (Fsp3) is 0.381. The van der Waals surface area contributed by atoms with Gasteiger partial charge in [-0.05, 0) is 58.1 Å². The molecule has 0 unspecified atom stereocenters. The van der Waals surface area contributed by atoms with Crippen molar-refractivity contribution < 1.29 is 9.90 Å². The molecule has 4 rings (SSSR count). The van der Waals surface area contributed by atoms with Crippen LogP contribution in [0, 0.1) is 6.92 Å². The third-order valence-corrected chi connectivity index (χ3v) is 6.53. The second-order valence-electron chi connectivity index (χ2n) is 7.70. The van der Waals surface area contributed by atoms with Gasteiger partial charge in [-0.2, -0.15) is 0 Å². The van der Waals surface area contributed by atoms with Crippen LogP contribution in [0.4, 0.5) is 0 Å². The van der Waals surface area contributed by atoms with E-state index < -0.39 is 11.5 Å². The number of benzene rings is 1. The van der Waals surface area contributed by atoms with Crippen molar-refractivity contribution in [2.45, 2.75) is 52.0 Å². The van der Waals surface area contributed by atoms with Gasteiger partial charge in [0, 0.05) is 10.4 Å². The molecule has 2 aromatic heterocycles. The maximum Gasteiger partial charge on any atom is 0.329 e. The van der Waals surface area contributed by atoms with Crippen LogP contribution in [0.15, 0.2) is 29.1 Å². The van der Waals surface area contributed by atoms with Crippen LogP contribution in [0.1, 0.15) is 42.7 Å². The van der Waals surface area contributed by atoms with Crippen LogP contribution in [-0.2, 0) is 23.2 Å². The van der Waals surface area contributed by atoms with E-state index in [4.69, 9.17) is 4.98 Å². The number of aromatic nitrogens is 2. The van der Waals surface area contributed by atoms with Gasteiger partial charge in [0.2, 0.25) is 0 Å². The van der Waals surface area contributed by atoms with Gasteiger partial charge in [0.15, 0.2) is 0 Å². The Balaban J connectivity index is 2.13. The molecule has 0 saturated heterocycles. The van der Waals surface area contributed by atoms with Gasteiger partial charge in [-0.15, -0.1) is 11.3 Å². The van der Waals surface area contributed by atoms with Gasteiger partial charge in [-0.1, -0.05) is 23.8 Å². The molecule has 1 aliphatic rings. The van der Waals surface area contributed by atoms with Crippen LogP contribution < -0.4 is 5.56 Å². The first kappa shape index (κ1) is 17.9. The summed E-state index contributed by atoms with van der Waals surface area (Å²) < 4.78 is 1.37. The first-order valence-electron chi connectivity index (χ1n) is 9.19. The number of aryl methyl sites for hydroxylation is 3. The fourth-order valence-electron chi connectivity index (χ4n) is 3.80. The molecular formula is C21H22N2O3S. The number of carbonyl (C=O) groups is 1. The predicted molar refractivity (Wildman–Crippen MR) is 108 cm³/mol. The minimum Gasteiger partial charge on any atom is -0.480 e. The molecule has 5 nitrogen and oxygen atoms in total. The van der Waals surface area contributed by atoms with E-state index in [1.165, 1.54) is 9.44 Å². The Kier molecular flexibility index (Phi) is 4.18. The maximum absolute atomic E-state index is 13.6. The Bertz CT molecular complexity index is 1120. The highest BCUT2D eigenvalue weighted by atomic mass is 32.1. The molecule has 1 aromatic carbocycles. The molecule has 3 aromatic rings. The van der Waals surface area contributed by atoms with E-state index in [0.29, 0.717) is 11.2 Å². The highest BCUT2D eigenvalue weighted by molar-refractivity contribution is 7.18. The zero-order valence-electron chi connectivity index (χ0n) is 15.7. The summed E-state index contributed by atoms with van der Waals surface area (Å²) in [6.07, 6.45) is 4.01. The Morgan fingerprint density at radius 1 is 1.26 bits per heavy atom. The zero-order chi connectivity index (χ0) is 19.3. The van der Waals surface area contributed by atoms with Crippen LogP contribution in [0.5, 0.6) is 0 Å². The largest absolute Gasteiger partial charge is 0.480 e. The Morgan fingerprint density at radius 2 is 2.00 bits per heavy atom. The van der Waals surface area contributed by atoms with Crippen molar-refractivity contribution in [3.63, 3.8) is 0 Å². The molecule has 140 valence electrons. The number of aliphatic carboxylic acids is 1. The van der Waals surface area contributed by atoms with Crippen molar-refractivity contribution in [3.05, 3.63) is 50.6 Å². The van der Waals surface area contributed by atoms with Crippen molar-refractivity contribution in [1.29, 1.82) is 0 Å². The van der Waals surface area contributed by atoms with Gasteiger partial charge in [-0.3, -0.25) is 9.36 Å². The minimum absolute atomic E-state index is 0.247. The summed E-state index contributed by atoms with van der Waals surface area (Å²) in [7, 11) is 0. The van der Waals surface area contributed by atoms with E-state index in [-0.39, 0.29) is 5.56 Å². The third kappa shape index (κ3) is 2.79. The Morgan fingerprint density at radius 3 is 2.70 bits per heavy atom. The quantitative estimate of drug-likeness (QED) is 0.739. The highest BCUT2D eigenvalue weighted by Gasteiger charge is 2.35. The van der Waals surface area contributed by atoms with Crippen LogP contribution in [0.3, 0.4) is 0 Å². The van der Waals surface area contributed by atoms with Crippen molar-refractivity contribution in [2.75, 3.05) is 0 Å². The van der Waals surface area contributed by atoms with Crippen molar-refractivity contribution in [2.24, 2.45) is 0 Å². The van der Waals surface area contributed by atoms with Gasteiger partial charge in [0.05, 0.1) is 5.39 Å². The number of fused-ring (bicyclic) bond motifs is 3. The van der Waals surface area contributed by atoms with Gasteiger partial charge >= 0.3 is 5.97 Å². The summed E-state index contributed by atoms with van der Waals surface area (Å²) in [6.45, 7) is 5.08. The SMILES string of the molecule is Cc1cccc(-c2nc3sc4c(c3c(=O)n2C(C)(C)C(=O)O)CCCC4)c1. The standard InChI is InChI=1S/C21H22N2O3S/c1-12-7-6-8-13(11-12)17-22-18-16(14-9-4-5-10-15(14)27-18)19(24)23(17)21(2,3)20(25)26/h6-8,11H,4-5,9-10H2,1-3H3,(H,25,26). The van der Waals surface area contributed by atoms with E-state index in [1.807, 2.05) is 31.2 Å². The number of rotatable bonds is 3. The molecule has 0 bridgehead atoms. The van der Waals surface area contributed by atoms with Crippen LogP contribution >= 0.6 is 11.3 Å². The summed E-state index contributed by atoms with van der Waals surface area (Å²) in [5.74, 6) is -0.633. The number of thiophene rings is 1. The molecule has 0 spiro atoms. The maximum atomic E-state index is 13.6. The predicted octanol–water partition coefficient (Wildman–Crippen LogP) is 4.13. The molecule has 1 aliphatic carbocycles. The lowest BCUT2D eigenvalue weighted by molar-refractivity contribution is -0.145. The summed E-state index contributed by atoms with van der Waals surface area (Å²) in [6, 6.07) is 7.69. The topological polar surface area (TPSA) is 72.2 Å². The highest BCUT2D eigenvalue weighted by Crippen LogP contribution is 2.36. The number of hydrogen-bond donors (Lipinski definition) is 1.